The number of carbonyl (C=O) groups is 1. The number of rotatable bonds is 3. The van der Waals surface area contributed by atoms with Gasteiger partial charge < -0.3 is 15.2 Å². The van der Waals surface area contributed by atoms with Crippen molar-refractivity contribution < 1.29 is 15.0 Å². The number of nitrogens with zero attached hydrogens (tertiary/aromatic N) is 1. The van der Waals surface area contributed by atoms with Gasteiger partial charge in [0, 0.05) is 6.42 Å². The second kappa shape index (κ2) is 4.12. The Morgan fingerprint density at radius 3 is 2.67 bits per heavy atom. The van der Waals surface area contributed by atoms with Gasteiger partial charge in [0.2, 0.25) is 5.88 Å². The van der Waals surface area contributed by atoms with Crippen LogP contribution in [0.4, 0.5) is 0 Å². The highest BCUT2D eigenvalue weighted by molar-refractivity contribution is 5.69. The fraction of sp³-hybridized carbons (Fsp3) is 0.444. The lowest BCUT2D eigenvalue weighted by molar-refractivity contribution is -0.141. The maximum absolute atomic E-state index is 11.2. The largest absolute Gasteiger partial charge is 0.493 e. The zero-order chi connectivity index (χ0) is 11.6. The SMILES string of the molecule is Cc1c(O)nc(CC(C)C(=O)O)[nH]c1=O. The zero-order valence-corrected chi connectivity index (χ0v) is 8.44. The second-order valence-corrected chi connectivity index (χ2v) is 3.40. The summed E-state index contributed by atoms with van der Waals surface area (Å²) in [5.41, 5.74) is -0.322. The number of carboxylic acid groups (broad SMARTS) is 1. The average molecular weight is 212 g/mol. The molecule has 0 aliphatic heterocycles. The third-order valence-electron chi connectivity index (χ3n) is 2.10. The minimum absolute atomic E-state index is 0.0818. The standard InChI is InChI=1S/C9H12N2O4/c1-4(9(14)15)3-6-10-7(12)5(2)8(13)11-6/h4H,3H2,1-2H3,(H,14,15)(H2,10,11,12,13). The van der Waals surface area contributed by atoms with Gasteiger partial charge in [-0.3, -0.25) is 9.59 Å². The van der Waals surface area contributed by atoms with E-state index in [0.29, 0.717) is 0 Å². The van der Waals surface area contributed by atoms with Crippen LogP contribution in [0.5, 0.6) is 5.88 Å². The van der Waals surface area contributed by atoms with Gasteiger partial charge in [0.15, 0.2) is 0 Å². The van der Waals surface area contributed by atoms with Crippen molar-refractivity contribution in [3.8, 4) is 5.88 Å². The van der Waals surface area contributed by atoms with Crippen molar-refractivity contribution in [1.82, 2.24) is 9.97 Å². The molecule has 0 bridgehead atoms. The molecule has 6 nitrogen and oxygen atoms in total. The van der Waals surface area contributed by atoms with Crippen LogP contribution >= 0.6 is 0 Å². The summed E-state index contributed by atoms with van der Waals surface area (Å²) in [6.07, 6.45) is 0.0818. The molecular formula is C9H12N2O4. The molecule has 1 rings (SSSR count). The summed E-state index contributed by atoms with van der Waals surface area (Å²) < 4.78 is 0. The van der Waals surface area contributed by atoms with Crippen LogP contribution < -0.4 is 5.56 Å². The molecule has 0 aromatic carbocycles. The minimum atomic E-state index is -0.974. The molecule has 0 amide bonds. The van der Waals surface area contributed by atoms with Gasteiger partial charge in [-0.1, -0.05) is 6.92 Å². The van der Waals surface area contributed by atoms with Gasteiger partial charge in [-0.2, -0.15) is 0 Å². The first-order valence-corrected chi connectivity index (χ1v) is 4.43. The molecule has 0 spiro atoms. The summed E-state index contributed by atoms with van der Waals surface area (Å²) in [4.78, 5) is 27.9. The second-order valence-electron chi connectivity index (χ2n) is 3.40. The lowest BCUT2D eigenvalue weighted by Crippen LogP contribution is -2.19. The van der Waals surface area contributed by atoms with Crippen molar-refractivity contribution in [2.45, 2.75) is 20.3 Å². The van der Waals surface area contributed by atoms with Crippen molar-refractivity contribution >= 4 is 5.97 Å². The molecule has 3 N–H and O–H groups in total. The molecule has 0 fully saturated rings. The first-order chi connectivity index (χ1) is 6.91. The molecule has 0 saturated carbocycles. The van der Waals surface area contributed by atoms with E-state index in [1.54, 1.807) is 0 Å². The maximum atomic E-state index is 11.2. The summed E-state index contributed by atoms with van der Waals surface area (Å²) in [6.45, 7) is 2.94. The van der Waals surface area contributed by atoms with Gasteiger partial charge in [0.1, 0.15) is 5.82 Å². The monoisotopic (exact) mass is 212 g/mol. The average Bonchev–Trinajstić information content (AvgIpc) is 2.13. The Hall–Kier alpha value is -1.85. The normalized spacial score (nSPS) is 12.4. The van der Waals surface area contributed by atoms with Gasteiger partial charge in [-0.05, 0) is 6.92 Å². The Kier molecular flexibility index (Phi) is 3.08. The van der Waals surface area contributed by atoms with Gasteiger partial charge in [-0.15, -0.1) is 0 Å². The van der Waals surface area contributed by atoms with Gasteiger partial charge in [0.25, 0.3) is 5.56 Å². The Bertz CT molecular complexity index is 438. The lowest BCUT2D eigenvalue weighted by Gasteiger charge is -2.06. The van der Waals surface area contributed by atoms with E-state index in [9.17, 15) is 14.7 Å². The molecule has 1 unspecified atom stereocenters. The van der Waals surface area contributed by atoms with E-state index in [0.717, 1.165) is 0 Å². The number of hydrogen-bond acceptors (Lipinski definition) is 4. The molecule has 1 aromatic heterocycles. The lowest BCUT2D eigenvalue weighted by atomic mass is 10.1. The summed E-state index contributed by atoms with van der Waals surface area (Å²) in [6, 6.07) is 0. The number of carboxylic acids is 1. The molecule has 1 atom stereocenters. The molecule has 1 heterocycles. The molecular weight excluding hydrogens is 200 g/mol. The summed E-state index contributed by atoms with van der Waals surface area (Å²) in [5.74, 6) is -1.81. The number of aromatic hydroxyl groups is 1. The summed E-state index contributed by atoms with van der Waals surface area (Å²) >= 11 is 0. The Morgan fingerprint density at radius 1 is 1.60 bits per heavy atom. The third-order valence-corrected chi connectivity index (χ3v) is 2.10. The topological polar surface area (TPSA) is 103 Å². The molecule has 15 heavy (non-hydrogen) atoms. The quantitative estimate of drug-likeness (QED) is 0.656. The van der Waals surface area contributed by atoms with Crippen LogP contribution in [-0.2, 0) is 11.2 Å². The summed E-state index contributed by atoms with van der Waals surface area (Å²) in [7, 11) is 0. The Balaban J connectivity index is 2.98. The van der Waals surface area contributed by atoms with Crippen LogP contribution in [0, 0.1) is 12.8 Å². The van der Waals surface area contributed by atoms with Gasteiger partial charge in [0.05, 0.1) is 11.5 Å². The van der Waals surface area contributed by atoms with Crippen molar-refractivity contribution in [1.29, 1.82) is 0 Å². The molecule has 0 saturated heterocycles. The smallest absolute Gasteiger partial charge is 0.306 e. The fourth-order valence-electron chi connectivity index (χ4n) is 1.04. The van der Waals surface area contributed by atoms with E-state index in [2.05, 4.69) is 9.97 Å². The first kappa shape index (κ1) is 11.2. The predicted molar refractivity (Wildman–Crippen MR) is 51.8 cm³/mol. The van der Waals surface area contributed by atoms with Crippen molar-refractivity contribution in [2.75, 3.05) is 0 Å². The molecule has 82 valence electrons. The molecule has 6 heteroatoms. The number of H-pyrrole nitrogens is 1. The van der Waals surface area contributed by atoms with Gasteiger partial charge >= 0.3 is 5.97 Å². The predicted octanol–water partition coefficient (Wildman–Crippen LogP) is 0.0471. The van der Waals surface area contributed by atoms with Crippen LogP contribution in [-0.4, -0.2) is 26.2 Å². The summed E-state index contributed by atoms with van der Waals surface area (Å²) in [5, 5.41) is 17.9. The van der Waals surface area contributed by atoms with Crippen molar-refractivity contribution in [2.24, 2.45) is 5.92 Å². The minimum Gasteiger partial charge on any atom is -0.493 e. The van der Waals surface area contributed by atoms with Crippen LogP contribution in [0.15, 0.2) is 4.79 Å². The number of aliphatic carboxylic acids is 1. The fourth-order valence-corrected chi connectivity index (χ4v) is 1.04. The van der Waals surface area contributed by atoms with E-state index in [-0.39, 0.29) is 23.7 Å². The van der Waals surface area contributed by atoms with Crippen LogP contribution in [0.1, 0.15) is 18.3 Å². The van der Waals surface area contributed by atoms with Crippen LogP contribution in [0.25, 0.3) is 0 Å². The highest BCUT2D eigenvalue weighted by atomic mass is 16.4. The van der Waals surface area contributed by atoms with E-state index in [4.69, 9.17) is 5.11 Å². The number of nitrogens with one attached hydrogen (secondary N) is 1. The van der Waals surface area contributed by atoms with E-state index < -0.39 is 17.4 Å². The van der Waals surface area contributed by atoms with Crippen LogP contribution in [0.3, 0.4) is 0 Å². The maximum Gasteiger partial charge on any atom is 0.306 e. The number of hydrogen-bond donors (Lipinski definition) is 3. The number of aromatic amines is 1. The highest BCUT2D eigenvalue weighted by Crippen LogP contribution is 2.09. The Morgan fingerprint density at radius 2 is 2.20 bits per heavy atom. The third kappa shape index (κ3) is 2.55. The van der Waals surface area contributed by atoms with Crippen molar-refractivity contribution in [3.05, 3.63) is 21.7 Å². The molecule has 1 aromatic rings. The zero-order valence-electron chi connectivity index (χ0n) is 8.44. The van der Waals surface area contributed by atoms with E-state index in [1.807, 2.05) is 0 Å². The first-order valence-electron chi connectivity index (χ1n) is 4.43. The van der Waals surface area contributed by atoms with Crippen LogP contribution in [0.2, 0.25) is 0 Å². The van der Waals surface area contributed by atoms with E-state index >= 15 is 0 Å². The molecule has 0 aliphatic carbocycles. The van der Waals surface area contributed by atoms with Gasteiger partial charge in [-0.25, -0.2) is 4.98 Å². The molecule has 0 aliphatic rings. The van der Waals surface area contributed by atoms with Crippen molar-refractivity contribution in [3.63, 3.8) is 0 Å². The number of aromatic nitrogens is 2. The highest BCUT2D eigenvalue weighted by Gasteiger charge is 2.14. The van der Waals surface area contributed by atoms with E-state index in [1.165, 1.54) is 13.8 Å². The Labute approximate surface area is 85.6 Å². The molecule has 0 radical (unpaired) electrons.